The number of H-pyrrole nitrogens is 1. The van der Waals surface area contributed by atoms with Crippen molar-refractivity contribution in [3.63, 3.8) is 0 Å². The molecule has 168 valence electrons. The van der Waals surface area contributed by atoms with Gasteiger partial charge in [-0.1, -0.05) is 0 Å². The monoisotopic (exact) mass is 429 g/mol. The van der Waals surface area contributed by atoms with Gasteiger partial charge in [0.15, 0.2) is 11.7 Å². The van der Waals surface area contributed by atoms with Gasteiger partial charge in [-0.2, -0.15) is 5.10 Å². The molecular formula is C21H31N7O3. The summed E-state index contributed by atoms with van der Waals surface area (Å²) in [6.07, 6.45) is 6.75. The van der Waals surface area contributed by atoms with Crippen LogP contribution in [0.5, 0.6) is 0 Å². The van der Waals surface area contributed by atoms with Crippen molar-refractivity contribution >= 4 is 23.5 Å². The van der Waals surface area contributed by atoms with E-state index in [1.807, 2.05) is 19.9 Å². The summed E-state index contributed by atoms with van der Waals surface area (Å²) in [7, 11) is 0. The molecule has 1 aromatic rings. The van der Waals surface area contributed by atoms with Crippen LogP contribution in [0.1, 0.15) is 58.6 Å². The van der Waals surface area contributed by atoms with E-state index in [2.05, 4.69) is 31.1 Å². The molecule has 0 spiro atoms. The number of carbonyl (C=O) groups excluding carboxylic acids is 1. The van der Waals surface area contributed by atoms with Gasteiger partial charge < -0.3 is 31.2 Å². The SMILES string of the molecule is CC(C)NC(=O)O[C@@H]1CC[C@H](c2cc(NC3=NC=CN/C3=C\C(=N)C(C)(C)O)n[nH]2)C1. The number of aliphatic hydroxyl groups is 1. The Hall–Kier alpha value is -3.14. The third kappa shape index (κ3) is 6.17. The van der Waals surface area contributed by atoms with Crippen LogP contribution in [-0.4, -0.2) is 50.7 Å². The fraction of sp³-hybridized carbons (Fsp3) is 0.524. The van der Waals surface area contributed by atoms with Gasteiger partial charge in [-0.15, -0.1) is 0 Å². The minimum absolute atomic E-state index is 0.0455. The topological polar surface area (TPSA) is 148 Å². The van der Waals surface area contributed by atoms with Crippen molar-refractivity contribution in [1.82, 2.24) is 20.8 Å². The molecule has 2 atom stereocenters. The maximum absolute atomic E-state index is 11.8. The van der Waals surface area contributed by atoms with Crippen LogP contribution in [0, 0.1) is 5.41 Å². The van der Waals surface area contributed by atoms with Crippen LogP contribution >= 0.6 is 0 Å². The second kappa shape index (κ2) is 9.34. The molecule has 10 heteroatoms. The lowest BCUT2D eigenvalue weighted by Crippen LogP contribution is -2.33. The number of carbonyl (C=O) groups is 1. The number of aromatic amines is 1. The van der Waals surface area contributed by atoms with Crippen molar-refractivity contribution in [2.45, 2.75) is 70.6 Å². The van der Waals surface area contributed by atoms with Gasteiger partial charge in [0.25, 0.3) is 0 Å². The highest BCUT2D eigenvalue weighted by Crippen LogP contribution is 2.35. The lowest BCUT2D eigenvalue weighted by molar-refractivity contribution is 0.0981. The molecule has 0 unspecified atom stereocenters. The highest BCUT2D eigenvalue weighted by Gasteiger charge is 2.30. The van der Waals surface area contributed by atoms with E-state index in [0.29, 0.717) is 17.4 Å². The molecule has 1 aliphatic heterocycles. The largest absolute Gasteiger partial charge is 0.446 e. The minimum Gasteiger partial charge on any atom is -0.446 e. The van der Waals surface area contributed by atoms with E-state index >= 15 is 0 Å². The van der Waals surface area contributed by atoms with E-state index < -0.39 is 5.60 Å². The highest BCUT2D eigenvalue weighted by molar-refractivity contribution is 6.13. The van der Waals surface area contributed by atoms with Crippen LogP contribution in [0.3, 0.4) is 0 Å². The number of anilines is 1. The molecule has 10 nitrogen and oxygen atoms in total. The number of aliphatic imine (C=N–C) groups is 1. The molecule has 31 heavy (non-hydrogen) atoms. The Morgan fingerprint density at radius 3 is 2.90 bits per heavy atom. The number of hydrogen-bond acceptors (Lipinski definition) is 8. The van der Waals surface area contributed by atoms with Crippen molar-refractivity contribution in [3.8, 4) is 0 Å². The third-order valence-corrected chi connectivity index (χ3v) is 5.07. The first-order valence-electron chi connectivity index (χ1n) is 10.4. The van der Waals surface area contributed by atoms with E-state index in [9.17, 15) is 9.90 Å². The number of nitrogens with zero attached hydrogens (tertiary/aromatic N) is 2. The second-order valence-electron chi connectivity index (χ2n) is 8.64. The van der Waals surface area contributed by atoms with Crippen LogP contribution in [0.4, 0.5) is 10.6 Å². The first-order valence-corrected chi connectivity index (χ1v) is 10.4. The normalized spacial score (nSPS) is 22.3. The Morgan fingerprint density at radius 1 is 1.42 bits per heavy atom. The molecule has 1 aromatic heterocycles. The summed E-state index contributed by atoms with van der Waals surface area (Å²) < 4.78 is 5.50. The van der Waals surface area contributed by atoms with E-state index in [0.717, 1.165) is 25.0 Å². The second-order valence-corrected chi connectivity index (χ2v) is 8.64. The molecule has 6 N–H and O–H groups in total. The zero-order valence-electron chi connectivity index (χ0n) is 18.3. The Kier molecular flexibility index (Phi) is 6.79. The van der Waals surface area contributed by atoms with Gasteiger partial charge in [0.1, 0.15) is 11.7 Å². The fourth-order valence-corrected chi connectivity index (χ4v) is 3.39. The van der Waals surface area contributed by atoms with Crippen LogP contribution in [0.25, 0.3) is 0 Å². The average Bonchev–Trinajstić information content (AvgIpc) is 3.31. The molecule has 0 aromatic carbocycles. The quantitative estimate of drug-likeness (QED) is 0.383. The summed E-state index contributed by atoms with van der Waals surface area (Å²) in [6.45, 7) is 6.91. The summed E-state index contributed by atoms with van der Waals surface area (Å²) in [5.41, 5.74) is 0.325. The van der Waals surface area contributed by atoms with Gasteiger partial charge >= 0.3 is 6.09 Å². The molecule has 3 rings (SSSR count). The Labute approximate surface area is 181 Å². The first-order chi connectivity index (χ1) is 14.6. The van der Waals surface area contributed by atoms with E-state index in [4.69, 9.17) is 10.1 Å². The van der Waals surface area contributed by atoms with Crippen LogP contribution in [0.15, 0.2) is 35.2 Å². The molecule has 0 radical (unpaired) electrons. The van der Waals surface area contributed by atoms with Gasteiger partial charge in [-0.05, 0) is 53.0 Å². The number of alkyl carbamates (subject to hydrolysis) is 1. The predicted octanol–water partition coefficient (Wildman–Crippen LogP) is 2.74. The summed E-state index contributed by atoms with van der Waals surface area (Å²) in [4.78, 5) is 16.1. The maximum atomic E-state index is 11.8. The molecule has 1 amide bonds. The molecule has 0 saturated heterocycles. The van der Waals surface area contributed by atoms with Crippen molar-refractivity contribution in [3.05, 3.63) is 35.9 Å². The number of rotatable bonds is 6. The lowest BCUT2D eigenvalue weighted by Gasteiger charge is -2.19. The van der Waals surface area contributed by atoms with Crippen molar-refractivity contribution < 1.29 is 14.6 Å². The number of ether oxygens (including phenoxy) is 1. The van der Waals surface area contributed by atoms with Crippen molar-refractivity contribution in [2.24, 2.45) is 4.99 Å². The summed E-state index contributed by atoms with van der Waals surface area (Å²) in [6, 6.07) is 1.96. The standard InChI is InChI=1S/C21H31N7O3/c1-12(2)25-20(29)31-14-6-5-13(9-14)15-11-18(28-27-15)26-19-16(23-7-8-24-19)10-17(22)21(3,4)30/h7-8,10-14,22-23,30H,5-6,9H2,1-4H3,(H,25,29)(H2,24,26,27,28)/b16-10-,22-17?/t13-,14+/m0/s1. The van der Waals surface area contributed by atoms with E-state index in [1.165, 1.54) is 6.08 Å². The molecular weight excluding hydrogens is 398 g/mol. The molecule has 0 bridgehead atoms. The molecule has 1 aliphatic carbocycles. The van der Waals surface area contributed by atoms with Crippen LogP contribution in [0.2, 0.25) is 0 Å². The van der Waals surface area contributed by atoms with Crippen molar-refractivity contribution in [2.75, 3.05) is 5.32 Å². The molecule has 1 fully saturated rings. The molecule has 2 aliphatic rings. The van der Waals surface area contributed by atoms with Crippen molar-refractivity contribution in [1.29, 1.82) is 5.41 Å². The van der Waals surface area contributed by atoms with Crippen LogP contribution < -0.4 is 16.0 Å². The zero-order valence-corrected chi connectivity index (χ0v) is 18.3. The average molecular weight is 430 g/mol. The van der Waals surface area contributed by atoms with Crippen LogP contribution in [-0.2, 0) is 4.74 Å². The number of amides is 1. The highest BCUT2D eigenvalue weighted by atomic mass is 16.6. The van der Waals surface area contributed by atoms with E-state index in [1.54, 1.807) is 26.2 Å². The van der Waals surface area contributed by atoms with E-state index in [-0.39, 0.29) is 29.9 Å². The Bertz CT molecular complexity index is 908. The summed E-state index contributed by atoms with van der Waals surface area (Å²) in [5.74, 6) is 1.31. The van der Waals surface area contributed by atoms with Gasteiger partial charge in [-0.3, -0.25) is 5.10 Å². The fourth-order valence-electron chi connectivity index (χ4n) is 3.39. The van der Waals surface area contributed by atoms with Gasteiger partial charge in [0.2, 0.25) is 0 Å². The molecule has 2 heterocycles. The van der Waals surface area contributed by atoms with Gasteiger partial charge in [0, 0.05) is 36.1 Å². The molecule has 1 saturated carbocycles. The Balaban J connectivity index is 1.61. The number of nitrogens with one attached hydrogen (secondary N) is 5. The van der Waals surface area contributed by atoms with Gasteiger partial charge in [-0.25, -0.2) is 9.79 Å². The zero-order chi connectivity index (χ0) is 22.6. The maximum Gasteiger partial charge on any atom is 0.407 e. The van der Waals surface area contributed by atoms with Gasteiger partial charge in [0.05, 0.1) is 11.4 Å². The first kappa shape index (κ1) is 22.5. The predicted molar refractivity (Wildman–Crippen MR) is 119 cm³/mol. The minimum atomic E-state index is -1.26. The smallest absolute Gasteiger partial charge is 0.407 e. The Morgan fingerprint density at radius 2 is 2.19 bits per heavy atom. The number of aromatic nitrogens is 2. The summed E-state index contributed by atoms with van der Waals surface area (Å²) >= 11 is 0. The number of amidine groups is 1. The lowest BCUT2D eigenvalue weighted by atomic mass is 10.0. The third-order valence-electron chi connectivity index (χ3n) is 5.07. The summed E-state index contributed by atoms with van der Waals surface area (Å²) in [5, 5.41) is 34.4. The number of hydrogen-bond donors (Lipinski definition) is 6.